The van der Waals surface area contributed by atoms with E-state index < -0.39 is 6.10 Å². The molecule has 5 nitrogen and oxygen atoms in total. The van der Waals surface area contributed by atoms with Crippen molar-refractivity contribution < 1.29 is 23.8 Å². The maximum Gasteiger partial charge on any atom is 0.306 e. The van der Waals surface area contributed by atoms with E-state index >= 15 is 0 Å². The molecule has 0 amide bonds. The molecule has 0 radical (unpaired) electrons. The van der Waals surface area contributed by atoms with Crippen molar-refractivity contribution in [1.29, 1.82) is 0 Å². The van der Waals surface area contributed by atoms with E-state index in [9.17, 15) is 9.59 Å². The number of carbonyl (C=O) groups is 2. The largest absolute Gasteiger partial charge is 0.462 e. The van der Waals surface area contributed by atoms with Gasteiger partial charge in [-0.05, 0) is 83.5 Å². The van der Waals surface area contributed by atoms with Gasteiger partial charge >= 0.3 is 11.9 Å². The van der Waals surface area contributed by atoms with E-state index in [0.717, 1.165) is 89.9 Å². The number of hydrogen-bond donors (Lipinski definition) is 0. The zero-order chi connectivity index (χ0) is 40.7. The second-order valence-corrected chi connectivity index (χ2v) is 15.3. The Morgan fingerprint density at radius 2 is 0.804 bits per heavy atom. The highest BCUT2D eigenvalue weighted by molar-refractivity contribution is 5.70. The fourth-order valence-corrected chi connectivity index (χ4v) is 6.30. The van der Waals surface area contributed by atoms with E-state index in [1.807, 2.05) is 0 Å². The van der Waals surface area contributed by atoms with E-state index in [1.165, 1.54) is 89.9 Å². The van der Waals surface area contributed by atoms with Crippen LogP contribution in [0.25, 0.3) is 0 Å². The zero-order valence-corrected chi connectivity index (χ0v) is 36.9. The van der Waals surface area contributed by atoms with E-state index in [-0.39, 0.29) is 25.2 Å². The van der Waals surface area contributed by atoms with Gasteiger partial charge < -0.3 is 14.2 Å². The Bertz CT molecular complexity index is 1020. The lowest BCUT2D eigenvalue weighted by Crippen LogP contribution is -2.30. The summed E-state index contributed by atoms with van der Waals surface area (Å²) in [6.45, 7) is 7.54. The minimum Gasteiger partial charge on any atom is -0.462 e. The summed E-state index contributed by atoms with van der Waals surface area (Å²) in [5.41, 5.74) is 0. The molecule has 0 aromatic carbocycles. The first kappa shape index (κ1) is 53.3. The van der Waals surface area contributed by atoms with Crippen LogP contribution in [0.15, 0.2) is 72.9 Å². The average molecular weight is 781 g/mol. The maximum atomic E-state index is 12.7. The second-order valence-electron chi connectivity index (χ2n) is 15.3. The van der Waals surface area contributed by atoms with Gasteiger partial charge in [0.25, 0.3) is 0 Å². The van der Waals surface area contributed by atoms with Crippen LogP contribution < -0.4 is 0 Å². The third-order valence-corrected chi connectivity index (χ3v) is 9.74. The molecule has 0 spiro atoms. The molecule has 0 bridgehead atoms. The van der Waals surface area contributed by atoms with Gasteiger partial charge in [0.15, 0.2) is 6.10 Å². The predicted molar refractivity (Wildman–Crippen MR) is 242 cm³/mol. The Labute approximate surface area is 347 Å². The van der Waals surface area contributed by atoms with Crippen LogP contribution in [0, 0.1) is 0 Å². The lowest BCUT2D eigenvalue weighted by Gasteiger charge is -2.18. The van der Waals surface area contributed by atoms with Gasteiger partial charge in [0.2, 0.25) is 0 Å². The van der Waals surface area contributed by atoms with Gasteiger partial charge in [0.1, 0.15) is 6.61 Å². The monoisotopic (exact) mass is 781 g/mol. The molecule has 0 aromatic heterocycles. The molecule has 322 valence electrons. The van der Waals surface area contributed by atoms with Crippen molar-refractivity contribution >= 4 is 11.9 Å². The Kier molecular flexibility index (Phi) is 44.5. The lowest BCUT2D eigenvalue weighted by atomic mass is 10.1. The first-order valence-corrected chi connectivity index (χ1v) is 23.5. The molecule has 0 saturated carbocycles. The first-order valence-electron chi connectivity index (χ1n) is 23.5. The van der Waals surface area contributed by atoms with Gasteiger partial charge in [-0.25, -0.2) is 0 Å². The van der Waals surface area contributed by atoms with E-state index in [0.29, 0.717) is 19.4 Å². The molecule has 5 heteroatoms. The molecule has 0 saturated heterocycles. The number of ether oxygens (including phenoxy) is 3. The van der Waals surface area contributed by atoms with Crippen molar-refractivity contribution in [2.45, 2.75) is 219 Å². The highest BCUT2D eigenvalue weighted by atomic mass is 16.6. The smallest absolute Gasteiger partial charge is 0.306 e. The summed E-state index contributed by atoms with van der Waals surface area (Å²) in [7, 11) is 0. The lowest BCUT2D eigenvalue weighted by molar-refractivity contribution is -0.163. The summed E-state index contributed by atoms with van der Waals surface area (Å²) >= 11 is 0. The number of allylic oxidation sites excluding steroid dienone is 12. The Morgan fingerprint density at radius 1 is 0.411 bits per heavy atom. The molecule has 0 aliphatic heterocycles. The van der Waals surface area contributed by atoms with Crippen LogP contribution in [0.4, 0.5) is 0 Å². The highest BCUT2D eigenvalue weighted by Crippen LogP contribution is 2.13. The molecule has 0 heterocycles. The maximum absolute atomic E-state index is 12.7. The van der Waals surface area contributed by atoms with Crippen LogP contribution in [0.5, 0.6) is 0 Å². The molecule has 1 unspecified atom stereocenters. The normalized spacial score (nSPS) is 12.8. The van der Waals surface area contributed by atoms with Gasteiger partial charge in [0, 0.05) is 19.4 Å². The Morgan fingerprint density at radius 3 is 1.30 bits per heavy atom. The number of esters is 2. The molecule has 0 rings (SSSR count). The molecular formula is C51H88O5. The summed E-state index contributed by atoms with van der Waals surface area (Å²) in [6.07, 6.45) is 59.1. The molecule has 0 N–H and O–H groups in total. The summed E-state index contributed by atoms with van der Waals surface area (Å²) in [4.78, 5) is 25.2. The van der Waals surface area contributed by atoms with Crippen LogP contribution in [-0.4, -0.2) is 37.9 Å². The highest BCUT2D eigenvalue weighted by Gasteiger charge is 2.17. The van der Waals surface area contributed by atoms with Crippen molar-refractivity contribution in [3.8, 4) is 0 Å². The van der Waals surface area contributed by atoms with Gasteiger partial charge in [-0.1, -0.05) is 190 Å². The quantitative estimate of drug-likeness (QED) is 0.0351. The van der Waals surface area contributed by atoms with Gasteiger partial charge in [-0.3, -0.25) is 9.59 Å². The van der Waals surface area contributed by atoms with Crippen LogP contribution in [0.3, 0.4) is 0 Å². The molecule has 56 heavy (non-hydrogen) atoms. The summed E-state index contributed by atoms with van der Waals surface area (Å²) in [5.74, 6) is -0.438. The van der Waals surface area contributed by atoms with Crippen molar-refractivity contribution in [3.63, 3.8) is 0 Å². The minimum atomic E-state index is -0.550. The third kappa shape index (κ3) is 44.1. The van der Waals surface area contributed by atoms with Crippen LogP contribution in [0.1, 0.15) is 213 Å². The molecular weight excluding hydrogens is 693 g/mol. The molecule has 0 aliphatic rings. The van der Waals surface area contributed by atoms with Crippen molar-refractivity contribution in [3.05, 3.63) is 72.9 Å². The molecule has 0 fully saturated rings. The fourth-order valence-electron chi connectivity index (χ4n) is 6.30. The van der Waals surface area contributed by atoms with E-state index in [4.69, 9.17) is 14.2 Å². The van der Waals surface area contributed by atoms with Crippen molar-refractivity contribution in [1.82, 2.24) is 0 Å². The number of hydrogen-bond acceptors (Lipinski definition) is 5. The van der Waals surface area contributed by atoms with Gasteiger partial charge in [0.05, 0.1) is 6.61 Å². The van der Waals surface area contributed by atoms with Crippen LogP contribution >= 0.6 is 0 Å². The van der Waals surface area contributed by atoms with Crippen LogP contribution in [-0.2, 0) is 23.8 Å². The SMILES string of the molecule is CC/C=C\C/C=C\C/C=C\CCCCCCCCCCOCC(COC(=O)CCCCC/C=C\C/C=C\C/C=C\CC)OC(=O)CCCCCCCCCCC. The van der Waals surface area contributed by atoms with Gasteiger partial charge in [-0.2, -0.15) is 0 Å². The predicted octanol–water partition coefficient (Wildman–Crippen LogP) is 15.6. The summed E-state index contributed by atoms with van der Waals surface area (Å²) < 4.78 is 17.3. The molecule has 0 aromatic rings. The van der Waals surface area contributed by atoms with Crippen molar-refractivity contribution in [2.24, 2.45) is 0 Å². The topological polar surface area (TPSA) is 61.8 Å². The second kappa shape index (κ2) is 46.7. The van der Waals surface area contributed by atoms with E-state index in [2.05, 4.69) is 93.7 Å². The average Bonchev–Trinajstić information content (AvgIpc) is 3.20. The fraction of sp³-hybridized carbons (Fsp3) is 0.725. The summed E-state index contributed by atoms with van der Waals surface area (Å²) in [6, 6.07) is 0. The minimum absolute atomic E-state index is 0.0661. The standard InChI is InChI=1S/C51H88O5/c1-4-7-10-13-16-19-21-23-24-25-26-27-29-31-34-37-40-43-46-54-47-49(56-51(53)45-42-39-36-32-18-15-12-9-6-3)48-55-50(52)44-41-38-35-33-30-28-22-20-17-14-11-8-5-2/h7-8,10-11,16-17,19-20,23-24,28,30,49H,4-6,9,12-15,18,21-22,25-27,29,31-48H2,1-3H3/b10-7-,11-8-,19-16-,20-17-,24-23-,30-28-. The molecule has 1 atom stereocenters. The first-order chi connectivity index (χ1) is 27.6. The molecule has 0 aliphatic carbocycles. The van der Waals surface area contributed by atoms with Crippen LogP contribution in [0.2, 0.25) is 0 Å². The number of rotatable bonds is 42. The van der Waals surface area contributed by atoms with E-state index in [1.54, 1.807) is 0 Å². The Hall–Kier alpha value is -2.66. The Balaban J connectivity index is 4.24. The third-order valence-electron chi connectivity index (χ3n) is 9.74. The van der Waals surface area contributed by atoms with Crippen molar-refractivity contribution in [2.75, 3.05) is 19.8 Å². The van der Waals surface area contributed by atoms with Gasteiger partial charge in [-0.15, -0.1) is 0 Å². The zero-order valence-electron chi connectivity index (χ0n) is 36.9. The number of unbranched alkanes of at least 4 members (excludes halogenated alkanes) is 19. The number of carbonyl (C=O) groups excluding carboxylic acids is 2. The summed E-state index contributed by atoms with van der Waals surface area (Å²) in [5, 5.41) is 0.